The number of rotatable bonds is 3. The average Bonchev–Trinajstić information content (AvgIpc) is 2.82. The normalized spacial score (nSPS) is 26.1. The second-order valence-electron chi connectivity index (χ2n) is 4.95. The molecule has 0 aliphatic carbocycles. The second kappa shape index (κ2) is 5.49. The molecule has 2 aliphatic rings. The van der Waals surface area contributed by atoms with Crippen LogP contribution in [0, 0.1) is 0 Å². The minimum absolute atomic E-state index is 0.235. The molecule has 5 nitrogen and oxygen atoms in total. The van der Waals surface area contributed by atoms with Gasteiger partial charge in [0.15, 0.2) is 0 Å². The van der Waals surface area contributed by atoms with E-state index in [0.29, 0.717) is 12.6 Å². The number of carboxylic acids is 1. The first-order valence-electron chi connectivity index (χ1n) is 6.40. The van der Waals surface area contributed by atoms with Gasteiger partial charge in [-0.25, -0.2) is 0 Å². The molecule has 0 aromatic carbocycles. The predicted molar refractivity (Wildman–Crippen MR) is 62.7 cm³/mol. The summed E-state index contributed by atoms with van der Waals surface area (Å²) in [5.74, 6) is -1.26. The predicted octanol–water partition coefficient (Wildman–Crippen LogP) is 0.548. The van der Waals surface area contributed by atoms with Gasteiger partial charge in [0, 0.05) is 19.1 Å². The molecule has 2 aliphatic heterocycles. The van der Waals surface area contributed by atoms with Crippen molar-refractivity contribution in [1.29, 1.82) is 0 Å². The highest BCUT2D eigenvalue weighted by Gasteiger charge is 2.29. The summed E-state index contributed by atoms with van der Waals surface area (Å²) < 4.78 is 0. The van der Waals surface area contributed by atoms with E-state index in [0.717, 1.165) is 32.5 Å². The van der Waals surface area contributed by atoms with Crippen LogP contribution in [0.2, 0.25) is 0 Å². The molecule has 5 heteroatoms. The summed E-state index contributed by atoms with van der Waals surface area (Å²) in [6.45, 7) is 3.69. The van der Waals surface area contributed by atoms with Crippen LogP contribution in [-0.2, 0) is 9.59 Å². The van der Waals surface area contributed by atoms with Crippen molar-refractivity contribution in [2.24, 2.45) is 0 Å². The van der Waals surface area contributed by atoms with Crippen LogP contribution in [-0.4, -0.2) is 59.0 Å². The van der Waals surface area contributed by atoms with Crippen molar-refractivity contribution in [1.82, 2.24) is 9.80 Å². The molecule has 1 N–H and O–H groups in total. The third-order valence-corrected chi connectivity index (χ3v) is 3.71. The number of carboxylic acid groups (broad SMARTS) is 1. The Labute approximate surface area is 101 Å². The SMILES string of the molecule is O=C(O)CC(=O)N1CCCC(N2CCCC2)C1. The van der Waals surface area contributed by atoms with Gasteiger partial charge in [-0.2, -0.15) is 0 Å². The molecule has 1 unspecified atom stereocenters. The van der Waals surface area contributed by atoms with Gasteiger partial charge < -0.3 is 10.0 Å². The van der Waals surface area contributed by atoms with E-state index < -0.39 is 5.97 Å². The maximum absolute atomic E-state index is 11.7. The summed E-state index contributed by atoms with van der Waals surface area (Å²) in [6.07, 6.45) is 4.26. The smallest absolute Gasteiger partial charge is 0.312 e. The van der Waals surface area contributed by atoms with E-state index >= 15 is 0 Å². The summed E-state index contributed by atoms with van der Waals surface area (Å²) in [5.41, 5.74) is 0. The van der Waals surface area contributed by atoms with E-state index in [1.54, 1.807) is 4.90 Å². The van der Waals surface area contributed by atoms with Crippen molar-refractivity contribution in [2.75, 3.05) is 26.2 Å². The number of piperidine rings is 1. The molecule has 0 bridgehead atoms. The molecule has 2 fully saturated rings. The number of aliphatic carboxylic acids is 1. The lowest BCUT2D eigenvalue weighted by Crippen LogP contribution is -2.49. The molecule has 0 radical (unpaired) electrons. The minimum atomic E-state index is -1.03. The Hall–Kier alpha value is -1.10. The Kier molecular flexibility index (Phi) is 3.99. The highest BCUT2D eigenvalue weighted by Crippen LogP contribution is 2.20. The summed E-state index contributed by atoms with van der Waals surface area (Å²) in [5, 5.41) is 8.63. The number of hydrogen-bond donors (Lipinski definition) is 1. The maximum Gasteiger partial charge on any atom is 0.312 e. The Bertz CT molecular complexity index is 300. The van der Waals surface area contributed by atoms with Gasteiger partial charge in [0.2, 0.25) is 5.91 Å². The summed E-state index contributed by atoms with van der Waals surface area (Å²) in [7, 11) is 0. The van der Waals surface area contributed by atoms with Crippen LogP contribution < -0.4 is 0 Å². The molecular formula is C12H20N2O3. The van der Waals surface area contributed by atoms with Crippen LogP contribution >= 0.6 is 0 Å². The zero-order valence-electron chi connectivity index (χ0n) is 10.1. The van der Waals surface area contributed by atoms with Crippen molar-refractivity contribution in [3.63, 3.8) is 0 Å². The molecule has 0 spiro atoms. The molecule has 96 valence electrons. The van der Waals surface area contributed by atoms with E-state index in [1.165, 1.54) is 12.8 Å². The van der Waals surface area contributed by atoms with Crippen LogP contribution in [0.4, 0.5) is 0 Å². The number of hydrogen-bond acceptors (Lipinski definition) is 3. The zero-order chi connectivity index (χ0) is 12.3. The number of likely N-dealkylation sites (tertiary alicyclic amines) is 2. The van der Waals surface area contributed by atoms with E-state index in [1.807, 2.05) is 0 Å². The second-order valence-corrected chi connectivity index (χ2v) is 4.95. The lowest BCUT2D eigenvalue weighted by molar-refractivity contribution is -0.145. The van der Waals surface area contributed by atoms with Crippen molar-refractivity contribution in [3.8, 4) is 0 Å². The van der Waals surface area contributed by atoms with E-state index in [-0.39, 0.29) is 12.3 Å². The van der Waals surface area contributed by atoms with Crippen LogP contribution in [0.3, 0.4) is 0 Å². The van der Waals surface area contributed by atoms with Crippen LogP contribution in [0.15, 0.2) is 0 Å². The average molecular weight is 240 g/mol. The number of carbonyl (C=O) groups is 2. The van der Waals surface area contributed by atoms with E-state index in [4.69, 9.17) is 5.11 Å². The topological polar surface area (TPSA) is 60.9 Å². The number of nitrogens with zero attached hydrogens (tertiary/aromatic N) is 2. The van der Waals surface area contributed by atoms with Gasteiger partial charge in [-0.3, -0.25) is 14.5 Å². The lowest BCUT2D eigenvalue weighted by Gasteiger charge is -2.37. The highest BCUT2D eigenvalue weighted by molar-refractivity contribution is 5.93. The fraction of sp³-hybridized carbons (Fsp3) is 0.833. The number of carbonyl (C=O) groups excluding carboxylic acids is 1. The molecular weight excluding hydrogens is 220 g/mol. The molecule has 0 saturated carbocycles. The van der Waals surface area contributed by atoms with Gasteiger partial charge >= 0.3 is 5.97 Å². The Morgan fingerprint density at radius 3 is 2.47 bits per heavy atom. The molecule has 0 aromatic heterocycles. The first-order valence-corrected chi connectivity index (χ1v) is 6.40. The van der Waals surface area contributed by atoms with Crippen molar-refractivity contribution >= 4 is 11.9 Å². The summed E-state index contributed by atoms with van der Waals surface area (Å²) >= 11 is 0. The maximum atomic E-state index is 11.7. The van der Waals surface area contributed by atoms with E-state index in [9.17, 15) is 9.59 Å². The first-order chi connectivity index (χ1) is 8.16. The first kappa shape index (κ1) is 12.4. The lowest BCUT2D eigenvalue weighted by atomic mass is 10.0. The highest BCUT2D eigenvalue weighted by atomic mass is 16.4. The van der Waals surface area contributed by atoms with Gasteiger partial charge in [-0.05, 0) is 38.8 Å². The Balaban J connectivity index is 1.87. The summed E-state index contributed by atoms with van der Waals surface area (Å²) in [4.78, 5) is 26.4. The van der Waals surface area contributed by atoms with Gasteiger partial charge in [0.25, 0.3) is 0 Å². The largest absolute Gasteiger partial charge is 0.481 e. The van der Waals surface area contributed by atoms with Crippen LogP contribution in [0.25, 0.3) is 0 Å². The van der Waals surface area contributed by atoms with Crippen LogP contribution in [0.1, 0.15) is 32.1 Å². The van der Waals surface area contributed by atoms with Crippen molar-refractivity contribution < 1.29 is 14.7 Å². The van der Waals surface area contributed by atoms with Crippen LogP contribution in [0.5, 0.6) is 0 Å². The molecule has 2 rings (SSSR count). The molecule has 1 atom stereocenters. The monoisotopic (exact) mass is 240 g/mol. The van der Waals surface area contributed by atoms with Crippen molar-refractivity contribution in [3.05, 3.63) is 0 Å². The van der Waals surface area contributed by atoms with Gasteiger partial charge in [-0.1, -0.05) is 0 Å². The number of amides is 1. The van der Waals surface area contributed by atoms with E-state index in [2.05, 4.69) is 4.90 Å². The Morgan fingerprint density at radius 1 is 1.12 bits per heavy atom. The summed E-state index contributed by atoms with van der Waals surface area (Å²) in [6, 6.07) is 0.448. The third kappa shape index (κ3) is 3.19. The van der Waals surface area contributed by atoms with Gasteiger partial charge in [0.05, 0.1) is 0 Å². The fourth-order valence-corrected chi connectivity index (χ4v) is 2.83. The van der Waals surface area contributed by atoms with Gasteiger partial charge in [0.1, 0.15) is 6.42 Å². The third-order valence-electron chi connectivity index (χ3n) is 3.71. The molecule has 17 heavy (non-hydrogen) atoms. The molecule has 0 aromatic rings. The molecule has 2 saturated heterocycles. The zero-order valence-corrected chi connectivity index (χ0v) is 10.1. The quantitative estimate of drug-likeness (QED) is 0.732. The van der Waals surface area contributed by atoms with Crippen molar-refractivity contribution in [2.45, 2.75) is 38.1 Å². The minimum Gasteiger partial charge on any atom is -0.481 e. The molecule has 1 amide bonds. The molecule has 2 heterocycles. The van der Waals surface area contributed by atoms with Gasteiger partial charge in [-0.15, -0.1) is 0 Å². The standard InChI is InChI=1S/C12H20N2O3/c15-11(8-12(16)17)14-7-3-4-10(9-14)13-5-1-2-6-13/h10H,1-9H2,(H,16,17). The fourth-order valence-electron chi connectivity index (χ4n) is 2.83. The Morgan fingerprint density at radius 2 is 1.82 bits per heavy atom.